The highest BCUT2D eigenvalue weighted by Gasteiger charge is 1.96. The average molecular weight is 177 g/mol. The molecule has 0 bridgehead atoms. The van der Waals surface area contributed by atoms with E-state index < -0.39 is 5.91 Å². The number of aldehydes is 1. The molecule has 1 amide bonds. The Morgan fingerprint density at radius 2 is 2.00 bits per heavy atom. The summed E-state index contributed by atoms with van der Waals surface area (Å²) in [5, 5.41) is 2.47. The van der Waals surface area contributed by atoms with Gasteiger partial charge in [-0.2, -0.15) is 0 Å². The van der Waals surface area contributed by atoms with Crippen LogP contribution in [0.1, 0.15) is 5.56 Å². The molecule has 1 N–H and O–H groups in total. The van der Waals surface area contributed by atoms with Crippen LogP contribution < -0.4 is 5.32 Å². The molecule has 1 aromatic rings. The molecule has 0 unspecified atom stereocenters. The van der Waals surface area contributed by atoms with Crippen molar-refractivity contribution in [1.29, 1.82) is 0 Å². The summed E-state index contributed by atoms with van der Waals surface area (Å²) >= 11 is 0. The summed E-state index contributed by atoms with van der Waals surface area (Å²) < 4.78 is 0. The SMILES string of the molecule is O=CC(=O)NCCc1ccccc1. The Balaban J connectivity index is 2.28. The van der Waals surface area contributed by atoms with Crippen molar-refractivity contribution < 1.29 is 9.59 Å². The van der Waals surface area contributed by atoms with Crippen molar-refractivity contribution in [2.75, 3.05) is 6.54 Å². The van der Waals surface area contributed by atoms with Gasteiger partial charge in [0.25, 0.3) is 5.91 Å². The average Bonchev–Trinajstić information content (AvgIpc) is 2.19. The molecule has 68 valence electrons. The smallest absolute Gasteiger partial charge is 0.284 e. The minimum Gasteiger partial charge on any atom is -0.349 e. The summed E-state index contributed by atoms with van der Waals surface area (Å²) in [6.45, 7) is 0.502. The molecule has 1 rings (SSSR count). The topological polar surface area (TPSA) is 46.2 Å². The zero-order valence-corrected chi connectivity index (χ0v) is 7.19. The highest BCUT2D eigenvalue weighted by Crippen LogP contribution is 1.97. The highest BCUT2D eigenvalue weighted by molar-refractivity contribution is 6.23. The minimum atomic E-state index is -0.559. The van der Waals surface area contributed by atoms with Crippen LogP contribution in [-0.4, -0.2) is 18.7 Å². The second-order valence-electron chi connectivity index (χ2n) is 2.64. The van der Waals surface area contributed by atoms with E-state index in [9.17, 15) is 9.59 Å². The number of amides is 1. The first-order chi connectivity index (χ1) is 6.33. The van der Waals surface area contributed by atoms with Gasteiger partial charge >= 0.3 is 0 Å². The van der Waals surface area contributed by atoms with E-state index in [1.807, 2.05) is 30.3 Å². The second-order valence-corrected chi connectivity index (χ2v) is 2.64. The predicted octanol–water partition coefficient (Wildman–Crippen LogP) is 0.544. The number of benzene rings is 1. The maximum absolute atomic E-state index is 10.5. The lowest BCUT2D eigenvalue weighted by atomic mass is 10.1. The van der Waals surface area contributed by atoms with E-state index in [0.29, 0.717) is 6.54 Å². The van der Waals surface area contributed by atoms with Gasteiger partial charge in [0.1, 0.15) is 0 Å². The zero-order chi connectivity index (χ0) is 9.52. The van der Waals surface area contributed by atoms with Crippen LogP contribution >= 0.6 is 0 Å². The van der Waals surface area contributed by atoms with Gasteiger partial charge in [-0.15, -0.1) is 0 Å². The molecule has 0 aliphatic carbocycles. The summed E-state index contributed by atoms with van der Waals surface area (Å²) in [5.41, 5.74) is 1.15. The lowest BCUT2D eigenvalue weighted by Gasteiger charge is -2.00. The summed E-state index contributed by atoms with van der Waals surface area (Å²) in [5.74, 6) is -0.559. The number of hydrogen-bond acceptors (Lipinski definition) is 2. The second kappa shape index (κ2) is 5.09. The fraction of sp³-hybridized carbons (Fsp3) is 0.200. The molecule has 0 aliphatic rings. The molecule has 1 aromatic carbocycles. The van der Waals surface area contributed by atoms with E-state index in [4.69, 9.17) is 0 Å². The Morgan fingerprint density at radius 1 is 1.31 bits per heavy atom. The van der Waals surface area contributed by atoms with Gasteiger partial charge in [-0.1, -0.05) is 30.3 Å². The van der Waals surface area contributed by atoms with E-state index in [0.717, 1.165) is 12.0 Å². The third-order valence-corrected chi connectivity index (χ3v) is 1.66. The molecule has 0 saturated heterocycles. The Morgan fingerprint density at radius 3 is 2.62 bits per heavy atom. The van der Waals surface area contributed by atoms with Gasteiger partial charge in [0.2, 0.25) is 6.29 Å². The molecule has 0 heterocycles. The van der Waals surface area contributed by atoms with Gasteiger partial charge in [0.05, 0.1) is 0 Å². The Hall–Kier alpha value is -1.64. The van der Waals surface area contributed by atoms with Crippen molar-refractivity contribution in [2.45, 2.75) is 6.42 Å². The fourth-order valence-electron chi connectivity index (χ4n) is 1.02. The molecule has 13 heavy (non-hydrogen) atoms. The number of rotatable bonds is 4. The first-order valence-corrected chi connectivity index (χ1v) is 4.10. The number of hydrogen-bond donors (Lipinski definition) is 1. The van der Waals surface area contributed by atoms with E-state index >= 15 is 0 Å². The van der Waals surface area contributed by atoms with E-state index in [2.05, 4.69) is 5.32 Å². The summed E-state index contributed by atoms with van der Waals surface area (Å²) in [4.78, 5) is 20.5. The lowest BCUT2D eigenvalue weighted by molar-refractivity contribution is -0.131. The molecule has 0 fully saturated rings. The molecule has 3 heteroatoms. The predicted molar refractivity (Wildman–Crippen MR) is 49.2 cm³/mol. The van der Waals surface area contributed by atoms with Crippen LogP contribution in [0.4, 0.5) is 0 Å². The molecule has 0 saturated carbocycles. The van der Waals surface area contributed by atoms with E-state index in [1.165, 1.54) is 0 Å². The molecule has 3 nitrogen and oxygen atoms in total. The lowest BCUT2D eigenvalue weighted by Crippen LogP contribution is -2.26. The number of carbonyl (C=O) groups excluding carboxylic acids is 2. The van der Waals surface area contributed by atoms with E-state index in [-0.39, 0.29) is 6.29 Å². The standard InChI is InChI=1S/C10H11NO2/c12-8-10(13)11-7-6-9-4-2-1-3-5-9/h1-5,8H,6-7H2,(H,11,13). The largest absolute Gasteiger partial charge is 0.349 e. The Kier molecular flexibility index (Phi) is 3.70. The molecule has 0 aromatic heterocycles. The number of nitrogens with one attached hydrogen (secondary N) is 1. The van der Waals surface area contributed by atoms with E-state index in [1.54, 1.807) is 0 Å². The molecular formula is C10H11NO2. The fourth-order valence-corrected chi connectivity index (χ4v) is 1.02. The van der Waals surface area contributed by atoms with Crippen LogP contribution in [0.15, 0.2) is 30.3 Å². The Bertz CT molecular complexity index is 282. The van der Waals surface area contributed by atoms with Gasteiger partial charge in [0, 0.05) is 6.54 Å². The first-order valence-electron chi connectivity index (χ1n) is 4.10. The Labute approximate surface area is 76.8 Å². The van der Waals surface area contributed by atoms with Gasteiger partial charge in [-0.3, -0.25) is 9.59 Å². The quantitative estimate of drug-likeness (QED) is 0.539. The summed E-state index contributed by atoms with van der Waals surface area (Å²) in [6, 6.07) is 9.78. The van der Waals surface area contributed by atoms with Crippen LogP contribution in [0.25, 0.3) is 0 Å². The van der Waals surface area contributed by atoms with Crippen LogP contribution in [0.3, 0.4) is 0 Å². The van der Waals surface area contributed by atoms with Gasteiger partial charge in [-0.05, 0) is 12.0 Å². The van der Waals surface area contributed by atoms with Crippen molar-refractivity contribution in [3.63, 3.8) is 0 Å². The van der Waals surface area contributed by atoms with Crippen molar-refractivity contribution in [3.05, 3.63) is 35.9 Å². The highest BCUT2D eigenvalue weighted by atomic mass is 16.2. The molecule has 0 spiro atoms. The normalized spacial score (nSPS) is 9.23. The zero-order valence-electron chi connectivity index (χ0n) is 7.19. The van der Waals surface area contributed by atoms with Gasteiger partial charge < -0.3 is 5.32 Å². The van der Waals surface area contributed by atoms with Crippen molar-refractivity contribution >= 4 is 12.2 Å². The first kappa shape index (κ1) is 9.45. The van der Waals surface area contributed by atoms with Crippen LogP contribution in [0.2, 0.25) is 0 Å². The molecule has 0 atom stereocenters. The third kappa shape index (κ3) is 3.51. The monoisotopic (exact) mass is 177 g/mol. The van der Waals surface area contributed by atoms with Crippen LogP contribution in [-0.2, 0) is 16.0 Å². The molecule has 0 radical (unpaired) electrons. The third-order valence-electron chi connectivity index (χ3n) is 1.66. The maximum atomic E-state index is 10.5. The van der Waals surface area contributed by atoms with Gasteiger partial charge in [-0.25, -0.2) is 0 Å². The van der Waals surface area contributed by atoms with Crippen molar-refractivity contribution in [2.24, 2.45) is 0 Å². The van der Waals surface area contributed by atoms with Gasteiger partial charge in [0.15, 0.2) is 0 Å². The summed E-state index contributed by atoms with van der Waals surface area (Å²) in [6.07, 6.45) is 1.03. The van der Waals surface area contributed by atoms with Crippen molar-refractivity contribution in [1.82, 2.24) is 5.32 Å². The summed E-state index contributed by atoms with van der Waals surface area (Å²) in [7, 11) is 0. The minimum absolute atomic E-state index is 0.283. The van der Waals surface area contributed by atoms with Crippen LogP contribution in [0.5, 0.6) is 0 Å². The van der Waals surface area contributed by atoms with Crippen LogP contribution in [0, 0.1) is 0 Å². The maximum Gasteiger partial charge on any atom is 0.284 e. The van der Waals surface area contributed by atoms with Crippen molar-refractivity contribution in [3.8, 4) is 0 Å². The number of carbonyl (C=O) groups is 2. The molecule has 0 aliphatic heterocycles. The molecular weight excluding hydrogens is 166 g/mol.